The first kappa shape index (κ1) is 40.3. The highest BCUT2D eigenvalue weighted by molar-refractivity contribution is 6.31. The molecular formula is C42H38ClF5N2O6. The van der Waals surface area contributed by atoms with Gasteiger partial charge in [0, 0.05) is 46.1 Å². The van der Waals surface area contributed by atoms with Crippen molar-refractivity contribution in [1.82, 2.24) is 4.57 Å². The molecule has 1 aliphatic rings. The molecule has 6 rings (SSSR count). The van der Waals surface area contributed by atoms with Crippen LogP contribution in [0.3, 0.4) is 0 Å². The Balaban J connectivity index is 1.42. The number of methoxy groups -OCH3 is 1. The largest absolute Gasteiger partial charge is 0.522 e. The predicted octanol–water partition coefficient (Wildman–Crippen LogP) is 10.8. The smallest absolute Gasteiger partial charge is 0.495 e. The minimum Gasteiger partial charge on any atom is -0.495 e. The minimum absolute atomic E-state index is 0.0539. The average Bonchev–Trinajstić information content (AvgIpc) is 3.51. The lowest BCUT2D eigenvalue weighted by molar-refractivity contribution is -0.325. The monoisotopic (exact) mass is 796 g/mol. The number of fused-ring (bicyclic) bond motifs is 3. The van der Waals surface area contributed by atoms with Crippen LogP contribution in [0.4, 0.5) is 33.3 Å². The lowest BCUT2D eigenvalue weighted by atomic mass is 9.94. The van der Waals surface area contributed by atoms with Crippen LogP contribution in [0.2, 0.25) is 5.02 Å². The van der Waals surface area contributed by atoms with E-state index in [9.17, 15) is 31.5 Å². The first-order valence-electron chi connectivity index (χ1n) is 17.6. The third kappa shape index (κ3) is 9.51. The first-order chi connectivity index (χ1) is 26.5. The number of hydrogen-bond acceptors (Lipinski definition) is 7. The van der Waals surface area contributed by atoms with Crippen molar-refractivity contribution in [2.75, 3.05) is 19.0 Å². The first-order valence-corrected chi connectivity index (χ1v) is 18.0. The van der Waals surface area contributed by atoms with Gasteiger partial charge in [-0.15, -0.1) is 13.2 Å². The number of rotatable bonds is 13. The molecule has 5 aromatic rings. The van der Waals surface area contributed by atoms with E-state index in [-0.39, 0.29) is 40.5 Å². The van der Waals surface area contributed by atoms with Crippen LogP contribution in [-0.2, 0) is 22.3 Å². The second-order valence-electron chi connectivity index (χ2n) is 14.1. The maximum atomic E-state index is 13.9. The molecule has 0 saturated heterocycles. The van der Waals surface area contributed by atoms with Gasteiger partial charge in [-0.25, -0.2) is 4.79 Å². The second-order valence-corrected chi connectivity index (χ2v) is 14.6. The number of halogens is 6. The highest BCUT2D eigenvalue weighted by Crippen LogP contribution is 2.44. The van der Waals surface area contributed by atoms with Gasteiger partial charge in [0.25, 0.3) is 5.56 Å². The van der Waals surface area contributed by atoms with Gasteiger partial charge in [-0.1, -0.05) is 48.0 Å². The molecular weight excluding hydrogens is 759 g/mol. The molecule has 0 radical (unpaired) electrons. The van der Waals surface area contributed by atoms with Gasteiger partial charge in [-0.3, -0.25) is 9.53 Å². The molecule has 1 aromatic heterocycles. The van der Waals surface area contributed by atoms with Gasteiger partial charge in [0.2, 0.25) is 0 Å². The van der Waals surface area contributed by atoms with Crippen molar-refractivity contribution in [3.8, 4) is 33.8 Å². The number of hydrogen-bond donors (Lipinski definition) is 1. The zero-order valence-corrected chi connectivity index (χ0v) is 31.6. The molecule has 8 nitrogen and oxygen atoms in total. The highest BCUT2D eigenvalue weighted by Gasteiger charge is 2.31. The number of carbonyl (C=O) groups is 1. The molecule has 56 heavy (non-hydrogen) atoms. The SMILES string of the molecule is COc1cn(C(CCOC(F)(F)F)Cc2ccc3c(c2Nc2ccc(C(=O)OC(C)(C)C)cc2)Cc2ccccc2-3)c(=O)cc1-c1cc(Cl)ccc1OC(F)F. The number of nitrogens with zero attached hydrogens (tertiary/aromatic N) is 1. The zero-order chi connectivity index (χ0) is 40.4. The fourth-order valence-electron chi connectivity index (χ4n) is 6.76. The lowest BCUT2D eigenvalue weighted by Crippen LogP contribution is -2.28. The quantitative estimate of drug-likeness (QED) is 0.0920. The lowest BCUT2D eigenvalue weighted by Gasteiger charge is -2.25. The normalized spacial score (nSPS) is 12.9. The third-order valence-corrected chi connectivity index (χ3v) is 9.38. The van der Waals surface area contributed by atoms with Crippen LogP contribution in [0.5, 0.6) is 11.5 Å². The molecule has 0 saturated carbocycles. The highest BCUT2D eigenvalue weighted by atomic mass is 35.5. The fourth-order valence-corrected chi connectivity index (χ4v) is 6.93. The Morgan fingerprint density at radius 3 is 2.29 bits per heavy atom. The van der Waals surface area contributed by atoms with E-state index in [1.54, 1.807) is 45.0 Å². The van der Waals surface area contributed by atoms with Crippen molar-refractivity contribution in [1.29, 1.82) is 0 Å². The zero-order valence-electron chi connectivity index (χ0n) is 30.8. The summed E-state index contributed by atoms with van der Waals surface area (Å²) in [5.41, 5.74) is 5.21. The molecule has 0 spiro atoms. The van der Waals surface area contributed by atoms with Crippen molar-refractivity contribution in [2.45, 2.75) is 64.7 Å². The van der Waals surface area contributed by atoms with Gasteiger partial charge < -0.3 is 24.1 Å². The molecule has 1 heterocycles. The van der Waals surface area contributed by atoms with Gasteiger partial charge >= 0.3 is 18.9 Å². The Morgan fingerprint density at radius 2 is 1.61 bits per heavy atom. The Morgan fingerprint density at radius 1 is 0.893 bits per heavy atom. The van der Waals surface area contributed by atoms with Crippen molar-refractivity contribution in [2.24, 2.45) is 0 Å². The number of anilines is 2. The summed E-state index contributed by atoms with van der Waals surface area (Å²) in [4.78, 5) is 26.7. The Hall–Kier alpha value is -5.40. The number of pyridine rings is 1. The summed E-state index contributed by atoms with van der Waals surface area (Å²) in [6.07, 6.45) is -3.22. The van der Waals surface area contributed by atoms with Crippen molar-refractivity contribution >= 4 is 28.9 Å². The maximum absolute atomic E-state index is 13.9. The number of carbonyl (C=O) groups excluding carboxylic acids is 1. The molecule has 0 fully saturated rings. The molecule has 14 heteroatoms. The van der Waals surface area contributed by atoms with E-state index in [0.717, 1.165) is 28.3 Å². The van der Waals surface area contributed by atoms with Crippen molar-refractivity contribution in [3.63, 3.8) is 0 Å². The van der Waals surface area contributed by atoms with Crippen molar-refractivity contribution < 1.29 is 45.7 Å². The number of alkyl halides is 5. The third-order valence-electron chi connectivity index (χ3n) is 9.14. The van der Waals surface area contributed by atoms with Gasteiger partial charge in [0.15, 0.2) is 0 Å². The van der Waals surface area contributed by atoms with E-state index in [0.29, 0.717) is 28.9 Å². The Labute approximate surface area is 324 Å². The standard InChI is InChI=1S/C42H38ClF5N2O6/c1-41(2,3)56-39(52)24-9-13-28(14-10-24)49-38-26(11-15-31-30-8-6-5-7-25(30)20-34(31)38)19-29(17-18-54-42(46,47)48)50-23-36(53-4)33(22-37(50)51)32-21-27(43)12-16-35(32)55-40(44)45/h5-16,21-23,29,40,49H,17-20H2,1-4H3. The van der Waals surface area contributed by atoms with Crippen LogP contribution >= 0.6 is 11.6 Å². The molecule has 0 amide bonds. The molecule has 4 aromatic carbocycles. The molecule has 0 bridgehead atoms. The summed E-state index contributed by atoms with van der Waals surface area (Å²) in [6.45, 7) is 1.39. The van der Waals surface area contributed by atoms with E-state index in [2.05, 4.69) is 14.8 Å². The summed E-state index contributed by atoms with van der Waals surface area (Å²) in [5.74, 6) is -0.686. The molecule has 1 atom stereocenters. The Kier molecular flexibility index (Phi) is 11.8. The van der Waals surface area contributed by atoms with E-state index in [1.165, 1.54) is 36.1 Å². The fraction of sp³-hybridized carbons (Fsp3) is 0.286. The maximum Gasteiger partial charge on any atom is 0.522 e. The molecule has 0 aliphatic heterocycles. The van der Waals surface area contributed by atoms with Crippen LogP contribution in [0.1, 0.15) is 60.3 Å². The van der Waals surface area contributed by atoms with E-state index in [4.69, 9.17) is 21.1 Å². The summed E-state index contributed by atoms with van der Waals surface area (Å²) < 4.78 is 87.6. The number of nitrogens with one attached hydrogen (secondary N) is 1. The summed E-state index contributed by atoms with van der Waals surface area (Å²) in [6, 6.07) is 22.6. The van der Waals surface area contributed by atoms with Crippen LogP contribution in [0.15, 0.2) is 95.9 Å². The van der Waals surface area contributed by atoms with Crippen LogP contribution in [-0.4, -0.2) is 42.8 Å². The molecule has 294 valence electrons. The van der Waals surface area contributed by atoms with E-state index < -0.39 is 42.8 Å². The van der Waals surface area contributed by atoms with Gasteiger partial charge in [0.05, 0.1) is 25.5 Å². The van der Waals surface area contributed by atoms with Gasteiger partial charge in [0.1, 0.15) is 17.1 Å². The molecule has 1 aliphatic carbocycles. The number of benzene rings is 4. The number of esters is 1. The summed E-state index contributed by atoms with van der Waals surface area (Å²) in [5, 5.41) is 3.67. The second kappa shape index (κ2) is 16.4. The predicted molar refractivity (Wildman–Crippen MR) is 203 cm³/mol. The Bertz CT molecular complexity index is 2290. The number of ether oxygens (including phenoxy) is 4. The summed E-state index contributed by atoms with van der Waals surface area (Å²) >= 11 is 6.19. The van der Waals surface area contributed by atoms with E-state index in [1.807, 2.05) is 36.4 Å². The van der Waals surface area contributed by atoms with E-state index >= 15 is 0 Å². The van der Waals surface area contributed by atoms with Gasteiger partial charge in [-0.2, -0.15) is 8.78 Å². The van der Waals surface area contributed by atoms with Crippen LogP contribution in [0, 0.1) is 0 Å². The number of aromatic nitrogens is 1. The molecule has 1 N–H and O–H groups in total. The van der Waals surface area contributed by atoms with Crippen LogP contribution in [0.25, 0.3) is 22.3 Å². The summed E-state index contributed by atoms with van der Waals surface area (Å²) in [7, 11) is 1.31. The van der Waals surface area contributed by atoms with Gasteiger partial charge in [-0.05, 0) is 104 Å². The molecule has 1 unspecified atom stereocenters. The van der Waals surface area contributed by atoms with Crippen molar-refractivity contribution in [3.05, 3.63) is 129 Å². The average molecular weight is 797 g/mol. The topological polar surface area (TPSA) is 88.0 Å². The van der Waals surface area contributed by atoms with Crippen LogP contribution < -0.4 is 20.3 Å². The minimum atomic E-state index is -4.91.